The molecule has 4 rings (SSSR count). The van der Waals surface area contributed by atoms with Crippen LogP contribution in [0.5, 0.6) is 0 Å². The predicted octanol–water partition coefficient (Wildman–Crippen LogP) is 7.03. The van der Waals surface area contributed by atoms with Crippen molar-refractivity contribution in [2.45, 2.75) is 64.8 Å². The minimum Gasteiger partial charge on any atom is -0.306 e. The van der Waals surface area contributed by atoms with Crippen LogP contribution in [-0.4, -0.2) is 49.3 Å². The summed E-state index contributed by atoms with van der Waals surface area (Å²) < 4.78 is 0. The Morgan fingerprint density at radius 3 is 2.61 bits per heavy atom. The van der Waals surface area contributed by atoms with E-state index in [1.807, 2.05) is 6.07 Å². The largest absolute Gasteiger partial charge is 0.306 e. The first-order valence-corrected chi connectivity index (χ1v) is 13.9. The maximum atomic E-state index is 10.8. The van der Waals surface area contributed by atoms with Gasteiger partial charge in [0.25, 0.3) is 0 Å². The Labute approximate surface area is 210 Å². The molecule has 3 heterocycles. The van der Waals surface area contributed by atoms with E-state index in [0.717, 1.165) is 42.7 Å². The monoisotopic (exact) mass is 488 g/mol. The lowest BCUT2D eigenvalue weighted by Crippen LogP contribution is -2.31. The number of carbonyl (C=O) groups is 1. The number of nitrogens with zero attached hydrogens (tertiary/aromatic N) is 2. The second-order valence-corrected chi connectivity index (χ2v) is 11.2. The summed E-state index contributed by atoms with van der Waals surface area (Å²) in [4.78, 5) is 15.8. The fourth-order valence-corrected chi connectivity index (χ4v) is 6.14. The van der Waals surface area contributed by atoms with Gasteiger partial charge in [-0.3, -0.25) is 4.90 Å². The van der Waals surface area contributed by atoms with Crippen molar-refractivity contribution in [3.63, 3.8) is 0 Å². The third kappa shape index (κ3) is 8.51. The van der Waals surface area contributed by atoms with Gasteiger partial charge in [0.05, 0.1) is 0 Å². The van der Waals surface area contributed by atoms with E-state index in [1.54, 1.807) is 11.3 Å². The summed E-state index contributed by atoms with van der Waals surface area (Å²) in [6, 6.07) is 8.49. The molecule has 182 valence electrons. The van der Waals surface area contributed by atoms with Gasteiger partial charge in [0.15, 0.2) is 0 Å². The van der Waals surface area contributed by atoms with Crippen LogP contribution in [0.4, 0.5) is 0 Å². The molecule has 2 atom stereocenters. The predicted molar refractivity (Wildman–Crippen MR) is 142 cm³/mol. The third-order valence-corrected chi connectivity index (χ3v) is 8.25. The van der Waals surface area contributed by atoms with Crippen LogP contribution >= 0.6 is 22.9 Å². The molecule has 2 fully saturated rings. The molecule has 2 aromatic rings. The number of benzene rings is 1. The fraction of sp³-hybridized carbons (Fsp3) is 0.607. The molecule has 0 radical (unpaired) electrons. The second kappa shape index (κ2) is 13.6. The highest BCUT2D eigenvalue weighted by Gasteiger charge is 2.24. The van der Waals surface area contributed by atoms with Crippen molar-refractivity contribution >= 4 is 29.2 Å². The molecule has 5 heteroatoms. The summed E-state index contributed by atoms with van der Waals surface area (Å²) >= 11 is 7.81. The molecule has 0 amide bonds. The van der Waals surface area contributed by atoms with Crippen molar-refractivity contribution in [3.05, 3.63) is 56.7 Å². The number of likely N-dealkylation sites (tertiary alicyclic amines) is 2. The number of aryl methyl sites for hydroxylation is 1. The molecule has 3 nitrogen and oxygen atoms in total. The molecule has 2 aliphatic heterocycles. The molecule has 33 heavy (non-hydrogen) atoms. The Kier molecular flexibility index (Phi) is 10.9. The first-order valence-electron chi connectivity index (χ1n) is 12.6. The Morgan fingerprint density at radius 1 is 1.18 bits per heavy atom. The minimum absolute atomic E-state index is 0.327. The van der Waals surface area contributed by atoms with Gasteiger partial charge in [0.1, 0.15) is 6.29 Å². The number of piperidine rings is 1. The van der Waals surface area contributed by atoms with Crippen LogP contribution in [0.25, 0.3) is 0 Å². The van der Waals surface area contributed by atoms with Gasteiger partial charge in [-0.25, -0.2) is 0 Å². The molecule has 0 spiro atoms. The van der Waals surface area contributed by atoms with Crippen molar-refractivity contribution in [2.24, 2.45) is 11.8 Å². The summed E-state index contributed by atoms with van der Waals surface area (Å²) in [7, 11) is 2.18. The molecule has 0 N–H and O–H groups in total. The molecular weight excluding hydrogens is 448 g/mol. The lowest BCUT2D eigenvalue weighted by Gasteiger charge is -2.30. The van der Waals surface area contributed by atoms with E-state index in [9.17, 15) is 4.79 Å². The van der Waals surface area contributed by atoms with Crippen molar-refractivity contribution in [1.29, 1.82) is 0 Å². The van der Waals surface area contributed by atoms with E-state index in [4.69, 9.17) is 11.6 Å². The van der Waals surface area contributed by atoms with Gasteiger partial charge in [0, 0.05) is 24.0 Å². The molecule has 0 aliphatic carbocycles. The standard InChI is InChI=1S/C16H18ClNS.C12H23NO/c1-12-8-16(17)3-2-13(12)9-18-6-4-14(10-18)15-5-7-19-11-15;1-3-4-12(10-14)9-11-5-7-13(2)8-6-11/h2-3,5,7-8,11,14H,4,6,9-10H2,1H3;10-12H,3-9H2,1-2H3. The number of carbonyl (C=O) groups excluding carboxylic acids is 1. The van der Waals surface area contributed by atoms with Gasteiger partial charge in [-0.05, 0) is 123 Å². The van der Waals surface area contributed by atoms with Crippen LogP contribution in [-0.2, 0) is 11.3 Å². The average molecular weight is 489 g/mol. The Hall–Kier alpha value is -1.20. The smallest absolute Gasteiger partial charge is 0.123 e. The number of aldehydes is 1. The maximum Gasteiger partial charge on any atom is 0.123 e. The molecule has 2 aliphatic rings. The zero-order valence-corrected chi connectivity index (χ0v) is 22.2. The van der Waals surface area contributed by atoms with Gasteiger partial charge in [0.2, 0.25) is 0 Å². The summed E-state index contributed by atoms with van der Waals surface area (Å²) in [5, 5.41) is 5.31. The first-order chi connectivity index (χ1) is 16.0. The van der Waals surface area contributed by atoms with E-state index < -0.39 is 0 Å². The van der Waals surface area contributed by atoms with Gasteiger partial charge < -0.3 is 9.69 Å². The average Bonchev–Trinajstić information content (AvgIpc) is 3.49. The van der Waals surface area contributed by atoms with E-state index in [0.29, 0.717) is 5.92 Å². The Morgan fingerprint density at radius 2 is 1.97 bits per heavy atom. The number of rotatable bonds is 8. The topological polar surface area (TPSA) is 23.6 Å². The molecule has 2 unspecified atom stereocenters. The SMILES string of the molecule is CCCC(C=O)CC1CCN(C)CC1.Cc1cc(Cl)ccc1CN1CCC(c2ccsc2)C1. The van der Waals surface area contributed by atoms with E-state index in [-0.39, 0.29) is 0 Å². The van der Waals surface area contributed by atoms with Crippen molar-refractivity contribution < 1.29 is 4.79 Å². The third-order valence-electron chi connectivity index (χ3n) is 7.31. The van der Waals surface area contributed by atoms with Crippen molar-refractivity contribution in [1.82, 2.24) is 9.80 Å². The summed E-state index contributed by atoms with van der Waals surface area (Å²) in [6.45, 7) is 10.1. The van der Waals surface area contributed by atoms with E-state index >= 15 is 0 Å². The second-order valence-electron chi connectivity index (χ2n) is 10.0. The molecule has 0 saturated carbocycles. The van der Waals surface area contributed by atoms with Crippen LogP contribution in [0.15, 0.2) is 35.0 Å². The van der Waals surface area contributed by atoms with Crippen molar-refractivity contribution in [3.8, 4) is 0 Å². The lowest BCUT2D eigenvalue weighted by molar-refractivity contribution is -0.111. The van der Waals surface area contributed by atoms with E-state index in [1.165, 1.54) is 68.4 Å². The number of thiophene rings is 1. The number of hydrogen-bond donors (Lipinski definition) is 0. The molecular formula is C28H41ClN2OS. The minimum atomic E-state index is 0.327. The maximum absolute atomic E-state index is 10.8. The van der Waals surface area contributed by atoms with Gasteiger partial charge in [-0.1, -0.05) is 31.0 Å². The van der Waals surface area contributed by atoms with Gasteiger partial charge in [-0.2, -0.15) is 11.3 Å². The Balaban J connectivity index is 0.000000196. The normalized spacial score (nSPS) is 20.9. The van der Waals surface area contributed by atoms with Crippen molar-refractivity contribution in [2.75, 3.05) is 33.2 Å². The molecule has 1 aromatic carbocycles. The quantitative estimate of drug-likeness (QED) is 0.372. The zero-order valence-electron chi connectivity index (χ0n) is 20.6. The molecule has 2 saturated heterocycles. The molecule has 0 bridgehead atoms. The zero-order chi connectivity index (χ0) is 23.6. The highest BCUT2D eigenvalue weighted by atomic mass is 35.5. The van der Waals surface area contributed by atoms with Crippen LogP contribution < -0.4 is 0 Å². The fourth-order valence-electron chi connectivity index (χ4n) is 5.17. The number of halogens is 1. The summed E-state index contributed by atoms with van der Waals surface area (Å²) in [5.74, 6) is 1.85. The van der Waals surface area contributed by atoms with E-state index in [2.05, 4.69) is 59.7 Å². The number of hydrogen-bond acceptors (Lipinski definition) is 4. The lowest BCUT2D eigenvalue weighted by atomic mass is 9.86. The van der Waals surface area contributed by atoms with Gasteiger partial charge in [-0.15, -0.1) is 0 Å². The van der Waals surface area contributed by atoms with Crippen LogP contribution in [0.3, 0.4) is 0 Å². The summed E-state index contributed by atoms with van der Waals surface area (Å²) in [5.41, 5.74) is 4.21. The van der Waals surface area contributed by atoms with Gasteiger partial charge >= 0.3 is 0 Å². The first kappa shape index (κ1) is 26.4. The summed E-state index contributed by atoms with van der Waals surface area (Å²) in [6.07, 6.45) is 8.36. The van der Waals surface area contributed by atoms with Crippen LogP contribution in [0.1, 0.15) is 68.1 Å². The highest BCUT2D eigenvalue weighted by Crippen LogP contribution is 2.30. The highest BCUT2D eigenvalue weighted by molar-refractivity contribution is 7.08. The van der Waals surface area contributed by atoms with Crippen LogP contribution in [0.2, 0.25) is 5.02 Å². The van der Waals surface area contributed by atoms with Crippen LogP contribution in [0, 0.1) is 18.8 Å². The Bertz CT molecular complexity index is 832. The molecule has 1 aromatic heterocycles.